The van der Waals surface area contributed by atoms with Crippen LogP contribution in [0.4, 0.5) is 0 Å². The summed E-state index contributed by atoms with van der Waals surface area (Å²) < 4.78 is 0. The molecule has 0 aliphatic heterocycles. The molecule has 0 bridgehead atoms. The van der Waals surface area contributed by atoms with Gasteiger partial charge in [-0.15, -0.1) is 0 Å². The molecule has 0 heterocycles. The molecule has 1 unspecified atom stereocenters. The number of hydroxylamine groups is 1. The van der Waals surface area contributed by atoms with Crippen LogP contribution in [-0.2, 0) is 28.9 Å². The third-order valence-corrected chi connectivity index (χ3v) is 2.71. The van der Waals surface area contributed by atoms with Gasteiger partial charge in [0, 0.05) is 27.9 Å². The van der Waals surface area contributed by atoms with Crippen LogP contribution in [0.5, 0.6) is 0 Å². The third kappa shape index (κ3) is 4.01. The van der Waals surface area contributed by atoms with Crippen molar-refractivity contribution < 1.29 is 28.9 Å². The van der Waals surface area contributed by atoms with E-state index in [4.69, 9.17) is 4.84 Å². The maximum Gasteiger partial charge on any atom is 0.292 e. The number of amides is 4. The van der Waals surface area contributed by atoms with Gasteiger partial charge >= 0.3 is 0 Å². The van der Waals surface area contributed by atoms with Gasteiger partial charge in [-0.05, 0) is 6.92 Å². The van der Waals surface area contributed by atoms with E-state index in [-0.39, 0.29) is 5.71 Å². The summed E-state index contributed by atoms with van der Waals surface area (Å²) in [4.78, 5) is 57.6. The first-order valence-electron chi connectivity index (χ1n) is 6.18. The molecule has 0 radical (unpaired) electrons. The van der Waals surface area contributed by atoms with Gasteiger partial charge in [0.25, 0.3) is 17.4 Å². The zero-order chi connectivity index (χ0) is 17.5. The van der Waals surface area contributed by atoms with Crippen LogP contribution in [0.25, 0.3) is 0 Å². The molecule has 0 spiro atoms. The molecule has 0 saturated heterocycles. The van der Waals surface area contributed by atoms with E-state index in [0.717, 1.165) is 13.8 Å². The van der Waals surface area contributed by atoms with Crippen molar-refractivity contribution in [2.45, 2.75) is 26.4 Å². The SMILES string of the molecule is CNC(=O)C(ONC(C)=O)(C(=O)N(C)C(C)=O)/C(C)=N/OC. The van der Waals surface area contributed by atoms with Gasteiger partial charge in [0.05, 0.1) is 0 Å². The topological polar surface area (TPSA) is 126 Å². The summed E-state index contributed by atoms with van der Waals surface area (Å²) in [5.41, 5.74) is -0.665. The molecule has 0 aromatic heterocycles. The molecule has 10 nitrogen and oxygen atoms in total. The van der Waals surface area contributed by atoms with Gasteiger partial charge in [0.15, 0.2) is 0 Å². The van der Waals surface area contributed by atoms with Gasteiger partial charge in [-0.2, -0.15) is 0 Å². The molecular formula is C12H20N4O6. The average Bonchev–Trinajstić information content (AvgIpc) is 2.46. The van der Waals surface area contributed by atoms with Crippen LogP contribution in [0.15, 0.2) is 5.16 Å². The first-order chi connectivity index (χ1) is 10.1. The van der Waals surface area contributed by atoms with Crippen LogP contribution in [0, 0.1) is 0 Å². The largest absolute Gasteiger partial charge is 0.399 e. The summed E-state index contributed by atoms with van der Waals surface area (Å²) in [5.74, 6) is -3.25. The second-order valence-electron chi connectivity index (χ2n) is 4.26. The van der Waals surface area contributed by atoms with E-state index < -0.39 is 29.2 Å². The molecular weight excluding hydrogens is 296 g/mol. The van der Waals surface area contributed by atoms with Crippen molar-refractivity contribution in [2.24, 2.45) is 5.16 Å². The van der Waals surface area contributed by atoms with Gasteiger partial charge in [0.1, 0.15) is 12.8 Å². The number of oxime groups is 1. The summed E-state index contributed by atoms with van der Waals surface area (Å²) in [6, 6.07) is 0. The number of nitrogens with one attached hydrogen (secondary N) is 2. The highest BCUT2D eigenvalue weighted by Gasteiger charge is 2.54. The van der Waals surface area contributed by atoms with E-state index in [0.29, 0.717) is 4.90 Å². The summed E-state index contributed by atoms with van der Waals surface area (Å²) in [7, 11) is 3.63. The summed E-state index contributed by atoms with van der Waals surface area (Å²) >= 11 is 0. The first-order valence-corrected chi connectivity index (χ1v) is 6.18. The van der Waals surface area contributed by atoms with Crippen molar-refractivity contribution in [3.63, 3.8) is 0 Å². The van der Waals surface area contributed by atoms with Crippen molar-refractivity contribution in [1.29, 1.82) is 0 Å². The van der Waals surface area contributed by atoms with Gasteiger partial charge in [-0.25, -0.2) is 10.3 Å². The molecule has 0 aliphatic carbocycles. The Hall–Kier alpha value is -2.49. The molecule has 2 N–H and O–H groups in total. The van der Waals surface area contributed by atoms with E-state index in [1.165, 1.54) is 28.1 Å². The molecule has 0 aromatic rings. The van der Waals surface area contributed by atoms with E-state index in [1.807, 2.05) is 5.48 Å². The molecule has 4 amide bonds. The quantitative estimate of drug-likeness (QED) is 0.351. The predicted molar refractivity (Wildman–Crippen MR) is 75.3 cm³/mol. The summed E-state index contributed by atoms with van der Waals surface area (Å²) in [5, 5.41) is 5.76. The Balaban J connectivity index is 6.11. The fourth-order valence-electron chi connectivity index (χ4n) is 1.48. The maximum atomic E-state index is 12.6. The number of nitrogens with zero attached hydrogens (tertiary/aromatic N) is 2. The lowest BCUT2D eigenvalue weighted by atomic mass is 9.95. The third-order valence-electron chi connectivity index (χ3n) is 2.71. The summed E-state index contributed by atoms with van der Waals surface area (Å²) in [6.45, 7) is 3.54. The number of hydrogen-bond acceptors (Lipinski definition) is 7. The van der Waals surface area contributed by atoms with Gasteiger partial charge < -0.3 is 10.2 Å². The number of likely N-dealkylation sites (N-methyl/N-ethyl adjacent to an activating group) is 2. The molecule has 124 valence electrons. The Morgan fingerprint density at radius 1 is 1.14 bits per heavy atom. The van der Waals surface area contributed by atoms with Gasteiger partial charge in [-0.3, -0.25) is 24.1 Å². The highest BCUT2D eigenvalue weighted by molar-refractivity contribution is 6.29. The lowest BCUT2D eigenvalue weighted by molar-refractivity contribution is -0.171. The molecule has 10 heteroatoms. The van der Waals surface area contributed by atoms with Crippen molar-refractivity contribution in [3.05, 3.63) is 0 Å². The smallest absolute Gasteiger partial charge is 0.292 e. The molecule has 1 atom stereocenters. The normalized spacial score (nSPS) is 13.6. The highest BCUT2D eigenvalue weighted by Crippen LogP contribution is 2.18. The minimum atomic E-state index is -2.38. The van der Waals surface area contributed by atoms with Crippen molar-refractivity contribution in [2.75, 3.05) is 21.2 Å². The van der Waals surface area contributed by atoms with Crippen molar-refractivity contribution in [3.8, 4) is 0 Å². The second kappa shape index (κ2) is 8.08. The predicted octanol–water partition coefficient (Wildman–Crippen LogP) is -1.43. The fraction of sp³-hybridized carbons (Fsp3) is 0.583. The number of imide groups is 1. The second-order valence-corrected chi connectivity index (χ2v) is 4.26. The number of hydrogen-bond donors (Lipinski definition) is 2. The van der Waals surface area contributed by atoms with Gasteiger partial charge in [0.2, 0.25) is 11.8 Å². The van der Waals surface area contributed by atoms with E-state index in [1.54, 1.807) is 0 Å². The maximum absolute atomic E-state index is 12.6. The van der Waals surface area contributed by atoms with Crippen LogP contribution < -0.4 is 10.8 Å². The van der Waals surface area contributed by atoms with Crippen LogP contribution in [0.3, 0.4) is 0 Å². The van der Waals surface area contributed by atoms with E-state index in [2.05, 4.69) is 15.3 Å². The van der Waals surface area contributed by atoms with E-state index in [9.17, 15) is 19.2 Å². The minimum absolute atomic E-state index is 0.207. The van der Waals surface area contributed by atoms with Crippen molar-refractivity contribution in [1.82, 2.24) is 15.7 Å². The fourth-order valence-corrected chi connectivity index (χ4v) is 1.48. The number of carbonyl (C=O) groups excluding carboxylic acids is 4. The Morgan fingerprint density at radius 3 is 2.05 bits per heavy atom. The van der Waals surface area contributed by atoms with Crippen LogP contribution >= 0.6 is 0 Å². The Kier molecular flexibility index (Phi) is 7.16. The average molecular weight is 316 g/mol. The minimum Gasteiger partial charge on any atom is -0.399 e. The van der Waals surface area contributed by atoms with Crippen LogP contribution in [0.2, 0.25) is 0 Å². The highest BCUT2D eigenvalue weighted by atomic mass is 16.7. The number of carbonyl (C=O) groups is 4. The Bertz CT molecular complexity index is 504. The zero-order valence-corrected chi connectivity index (χ0v) is 13.3. The molecule has 0 aliphatic rings. The number of rotatable bonds is 6. The summed E-state index contributed by atoms with van der Waals surface area (Å²) in [6.07, 6.45) is 0. The monoisotopic (exact) mass is 316 g/mol. The Labute approximate surface area is 127 Å². The Morgan fingerprint density at radius 2 is 1.68 bits per heavy atom. The molecule has 22 heavy (non-hydrogen) atoms. The standard InChI is InChI=1S/C12H20N4O6/c1-7(14-21-6)12(10(19)13-4,22-15-8(2)17)11(20)16(5)9(3)18/h1-6H3,(H,13,19)(H,15,17)/b14-7+. The lowest BCUT2D eigenvalue weighted by Crippen LogP contribution is -2.65. The van der Waals surface area contributed by atoms with Crippen LogP contribution in [-0.4, -0.2) is 61.0 Å². The van der Waals surface area contributed by atoms with Crippen molar-refractivity contribution >= 4 is 29.3 Å². The lowest BCUT2D eigenvalue weighted by Gasteiger charge is -2.31. The van der Waals surface area contributed by atoms with E-state index >= 15 is 0 Å². The van der Waals surface area contributed by atoms with Crippen LogP contribution in [0.1, 0.15) is 20.8 Å². The first kappa shape index (κ1) is 19.5. The molecule has 0 saturated carbocycles. The zero-order valence-electron chi connectivity index (χ0n) is 13.3. The molecule has 0 rings (SSSR count). The molecule has 0 aromatic carbocycles. The van der Waals surface area contributed by atoms with Gasteiger partial charge in [-0.1, -0.05) is 5.16 Å². The molecule has 0 fully saturated rings.